The maximum Gasteiger partial charge on any atom is 0.270 e. The third kappa shape index (κ3) is 2.52. The monoisotopic (exact) mass is 210 g/mol. The van der Waals surface area contributed by atoms with Crippen LogP contribution in [0, 0.1) is 12.8 Å². The summed E-state index contributed by atoms with van der Waals surface area (Å²) in [6.07, 6.45) is 0.935. The van der Waals surface area contributed by atoms with Gasteiger partial charge in [0.05, 0.1) is 5.54 Å². The molecular weight excluding hydrogens is 188 g/mol. The number of nitrogens with zero attached hydrogens (tertiary/aromatic N) is 1. The summed E-state index contributed by atoms with van der Waals surface area (Å²) in [6.45, 7) is 12.3. The predicted molar refractivity (Wildman–Crippen MR) is 63.3 cm³/mol. The van der Waals surface area contributed by atoms with Gasteiger partial charge in [0, 0.05) is 11.3 Å². The van der Waals surface area contributed by atoms with E-state index in [1.165, 1.54) is 0 Å². The van der Waals surface area contributed by atoms with Gasteiger partial charge in [-0.25, -0.2) is 4.68 Å². The standard InChI is InChI=1S/C12H22N2O/c1-8(2)7-10-9(3)11(15)14(13-10)12(4,5)6/h8,13H,7H2,1-6H3. The molecule has 1 N–H and O–H groups in total. The minimum Gasteiger partial charge on any atom is -0.299 e. The van der Waals surface area contributed by atoms with Gasteiger partial charge in [-0.05, 0) is 40.0 Å². The SMILES string of the molecule is Cc1c(CC(C)C)[nH]n(C(C)(C)C)c1=O. The second-order valence-corrected chi connectivity index (χ2v) is 5.62. The highest BCUT2D eigenvalue weighted by Gasteiger charge is 2.20. The van der Waals surface area contributed by atoms with E-state index in [0.29, 0.717) is 5.92 Å². The number of H-pyrrole nitrogens is 1. The van der Waals surface area contributed by atoms with E-state index in [-0.39, 0.29) is 11.1 Å². The van der Waals surface area contributed by atoms with Gasteiger partial charge in [0.15, 0.2) is 0 Å². The number of hydrogen-bond acceptors (Lipinski definition) is 1. The zero-order chi connectivity index (χ0) is 11.8. The molecule has 0 atom stereocenters. The molecule has 3 heteroatoms. The van der Waals surface area contributed by atoms with Crippen LogP contribution in [0.4, 0.5) is 0 Å². The first kappa shape index (κ1) is 12.1. The second-order valence-electron chi connectivity index (χ2n) is 5.62. The van der Waals surface area contributed by atoms with Crippen LogP contribution < -0.4 is 5.56 Å². The summed E-state index contributed by atoms with van der Waals surface area (Å²) in [5, 5.41) is 3.23. The molecule has 0 aliphatic carbocycles. The lowest BCUT2D eigenvalue weighted by Crippen LogP contribution is -2.32. The summed E-state index contributed by atoms with van der Waals surface area (Å²) in [7, 11) is 0. The smallest absolute Gasteiger partial charge is 0.270 e. The molecule has 0 unspecified atom stereocenters. The summed E-state index contributed by atoms with van der Waals surface area (Å²) in [6, 6.07) is 0. The molecule has 0 saturated heterocycles. The number of aromatic nitrogens is 2. The van der Waals surface area contributed by atoms with Crippen LogP contribution in [0.1, 0.15) is 45.9 Å². The lowest BCUT2D eigenvalue weighted by Gasteiger charge is -2.19. The van der Waals surface area contributed by atoms with Crippen LogP contribution >= 0.6 is 0 Å². The molecular formula is C12H22N2O. The summed E-state index contributed by atoms with van der Waals surface area (Å²) < 4.78 is 1.72. The molecule has 1 rings (SSSR count). The molecule has 0 aromatic carbocycles. The van der Waals surface area contributed by atoms with E-state index in [1.54, 1.807) is 4.68 Å². The molecule has 1 aromatic rings. The second kappa shape index (κ2) is 3.87. The molecule has 15 heavy (non-hydrogen) atoms. The molecule has 0 saturated carbocycles. The first-order valence-electron chi connectivity index (χ1n) is 5.54. The van der Waals surface area contributed by atoms with E-state index in [2.05, 4.69) is 18.9 Å². The first-order valence-corrected chi connectivity index (χ1v) is 5.54. The van der Waals surface area contributed by atoms with Crippen molar-refractivity contribution in [1.82, 2.24) is 9.78 Å². The summed E-state index contributed by atoms with van der Waals surface area (Å²) in [4.78, 5) is 11.9. The summed E-state index contributed by atoms with van der Waals surface area (Å²) >= 11 is 0. The Balaban J connectivity index is 3.19. The Morgan fingerprint density at radius 1 is 1.33 bits per heavy atom. The highest BCUT2D eigenvalue weighted by Crippen LogP contribution is 2.13. The molecule has 0 fully saturated rings. The highest BCUT2D eigenvalue weighted by atomic mass is 16.1. The zero-order valence-electron chi connectivity index (χ0n) is 10.6. The van der Waals surface area contributed by atoms with Crippen molar-refractivity contribution in [3.05, 3.63) is 21.6 Å². The van der Waals surface area contributed by atoms with Crippen LogP contribution in [0.2, 0.25) is 0 Å². The molecule has 0 aliphatic rings. The largest absolute Gasteiger partial charge is 0.299 e. The van der Waals surface area contributed by atoms with Crippen LogP contribution in [0.15, 0.2) is 4.79 Å². The highest BCUT2D eigenvalue weighted by molar-refractivity contribution is 5.16. The Morgan fingerprint density at radius 3 is 2.20 bits per heavy atom. The number of nitrogens with one attached hydrogen (secondary N) is 1. The number of rotatable bonds is 2. The Labute approximate surface area is 91.5 Å². The van der Waals surface area contributed by atoms with Crippen molar-refractivity contribution in [2.75, 3.05) is 0 Å². The molecule has 0 amide bonds. The zero-order valence-corrected chi connectivity index (χ0v) is 10.6. The number of aromatic amines is 1. The lowest BCUT2D eigenvalue weighted by molar-refractivity contribution is 0.342. The van der Waals surface area contributed by atoms with Crippen molar-refractivity contribution in [3.63, 3.8) is 0 Å². The average Bonchev–Trinajstić information content (AvgIpc) is 2.30. The van der Waals surface area contributed by atoms with Gasteiger partial charge < -0.3 is 0 Å². The van der Waals surface area contributed by atoms with E-state index in [1.807, 2.05) is 27.7 Å². The van der Waals surface area contributed by atoms with Crippen molar-refractivity contribution in [3.8, 4) is 0 Å². The van der Waals surface area contributed by atoms with Gasteiger partial charge in [-0.15, -0.1) is 0 Å². The molecule has 3 nitrogen and oxygen atoms in total. The fourth-order valence-electron chi connectivity index (χ4n) is 1.65. The van der Waals surface area contributed by atoms with Crippen LogP contribution in [0.3, 0.4) is 0 Å². The molecule has 0 aliphatic heterocycles. The molecule has 0 radical (unpaired) electrons. The predicted octanol–water partition coefficient (Wildman–Crippen LogP) is 2.44. The fourth-order valence-corrected chi connectivity index (χ4v) is 1.65. The van der Waals surface area contributed by atoms with E-state index < -0.39 is 0 Å². The van der Waals surface area contributed by atoms with Crippen molar-refractivity contribution < 1.29 is 0 Å². The van der Waals surface area contributed by atoms with Gasteiger partial charge in [-0.3, -0.25) is 9.89 Å². The fraction of sp³-hybridized carbons (Fsp3) is 0.750. The van der Waals surface area contributed by atoms with Gasteiger partial charge in [0.1, 0.15) is 0 Å². The van der Waals surface area contributed by atoms with Gasteiger partial charge in [0.2, 0.25) is 0 Å². The first-order chi connectivity index (χ1) is 6.73. The summed E-state index contributed by atoms with van der Waals surface area (Å²) in [5.41, 5.74) is 1.87. The Kier molecular flexibility index (Phi) is 3.12. The molecule has 1 heterocycles. The Morgan fingerprint density at radius 2 is 1.87 bits per heavy atom. The van der Waals surface area contributed by atoms with Crippen LogP contribution in [0.5, 0.6) is 0 Å². The van der Waals surface area contributed by atoms with Gasteiger partial charge in [-0.2, -0.15) is 0 Å². The third-order valence-electron chi connectivity index (χ3n) is 2.51. The van der Waals surface area contributed by atoms with Crippen molar-refractivity contribution in [1.29, 1.82) is 0 Å². The minimum absolute atomic E-state index is 0.109. The molecule has 1 aromatic heterocycles. The topological polar surface area (TPSA) is 37.8 Å². The van der Waals surface area contributed by atoms with Crippen LogP contribution in [-0.4, -0.2) is 9.78 Å². The van der Waals surface area contributed by atoms with Gasteiger partial charge >= 0.3 is 0 Å². The lowest BCUT2D eigenvalue weighted by atomic mass is 10.1. The molecule has 86 valence electrons. The van der Waals surface area contributed by atoms with E-state index in [0.717, 1.165) is 17.7 Å². The minimum atomic E-state index is -0.170. The third-order valence-corrected chi connectivity index (χ3v) is 2.51. The van der Waals surface area contributed by atoms with E-state index in [9.17, 15) is 4.79 Å². The number of hydrogen-bond donors (Lipinski definition) is 1. The van der Waals surface area contributed by atoms with Crippen LogP contribution in [0.25, 0.3) is 0 Å². The molecule has 0 bridgehead atoms. The summed E-state index contributed by atoms with van der Waals surface area (Å²) in [5.74, 6) is 0.565. The van der Waals surface area contributed by atoms with E-state index >= 15 is 0 Å². The van der Waals surface area contributed by atoms with E-state index in [4.69, 9.17) is 0 Å². The van der Waals surface area contributed by atoms with Gasteiger partial charge in [-0.1, -0.05) is 13.8 Å². The van der Waals surface area contributed by atoms with Crippen molar-refractivity contribution in [2.24, 2.45) is 5.92 Å². The van der Waals surface area contributed by atoms with Crippen molar-refractivity contribution >= 4 is 0 Å². The quantitative estimate of drug-likeness (QED) is 0.800. The normalized spacial score (nSPS) is 12.5. The molecule has 0 spiro atoms. The maximum atomic E-state index is 11.9. The average molecular weight is 210 g/mol. The Hall–Kier alpha value is -0.990. The van der Waals surface area contributed by atoms with Crippen LogP contribution in [-0.2, 0) is 12.0 Å². The Bertz CT molecular complexity index is 391. The maximum absolute atomic E-state index is 11.9. The van der Waals surface area contributed by atoms with Gasteiger partial charge in [0.25, 0.3) is 5.56 Å². The van der Waals surface area contributed by atoms with Crippen molar-refractivity contribution in [2.45, 2.75) is 53.5 Å².